The highest BCUT2D eigenvalue weighted by Crippen LogP contribution is 2.19. The maximum Gasteiger partial charge on any atom is 0.592 e. The van der Waals surface area contributed by atoms with Crippen molar-refractivity contribution in [1.82, 2.24) is 15.1 Å². The number of aryl methyl sites for hydroxylation is 2. The Morgan fingerprint density at radius 2 is 1.94 bits per heavy atom. The lowest BCUT2D eigenvalue weighted by Crippen LogP contribution is -2.39. The molecule has 0 spiro atoms. The molecule has 5 nitrogen and oxygen atoms in total. The molecule has 0 atom stereocenters. The molecule has 2 rings (SSSR count). The number of nitrogens with zero attached hydrogens (tertiary/aromatic N) is 5. The van der Waals surface area contributed by atoms with Crippen LogP contribution in [0.4, 0.5) is 13.2 Å². The maximum absolute atomic E-state index is 12.4. The minimum Gasteiger partial charge on any atom is -0.196 e. The van der Waals surface area contributed by atoms with E-state index in [1.807, 2.05) is 0 Å². The van der Waals surface area contributed by atoms with Crippen LogP contribution in [0, 0.1) is 0 Å². The first kappa shape index (κ1) is 11.5. The largest absolute Gasteiger partial charge is 0.592 e. The number of rotatable bonds is 1. The first-order chi connectivity index (χ1) is 7.89. The molecule has 0 saturated heterocycles. The molecule has 8 heteroatoms. The molecule has 0 unspecified atom stereocenters. The second kappa shape index (κ2) is 3.79. The number of hydrogen-bond donors (Lipinski definition) is 0. The van der Waals surface area contributed by atoms with E-state index in [-0.39, 0.29) is 10.6 Å². The fraction of sp³-hybridized carbons (Fsp3) is 0.333. The first-order valence-corrected chi connectivity index (χ1v) is 4.75. The highest BCUT2D eigenvalue weighted by molar-refractivity contribution is 5.38. The summed E-state index contributed by atoms with van der Waals surface area (Å²) in [7, 11) is 3.14. The van der Waals surface area contributed by atoms with Gasteiger partial charge in [0.25, 0.3) is 5.69 Å². The molecule has 0 amide bonds. The van der Waals surface area contributed by atoms with E-state index >= 15 is 0 Å². The Hall–Kier alpha value is -1.99. The van der Waals surface area contributed by atoms with E-state index in [0.29, 0.717) is 5.69 Å². The lowest BCUT2D eigenvalue weighted by atomic mass is 10.3. The Morgan fingerprint density at radius 1 is 1.24 bits per heavy atom. The molecular weight excluding hydrogens is 235 g/mol. The zero-order chi connectivity index (χ0) is 12.6. The molecule has 17 heavy (non-hydrogen) atoms. The van der Waals surface area contributed by atoms with Crippen molar-refractivity contribution in [3.05, 3.63) is 24.4 Å². The van der Waals surface area contributed by atoms with Gasteiger partial charge in [0.2, 0.25) is 0 Å². The maximum atomic E-state index is 12.4. The highest BCUT2D eigenvalue weighted by Gasteiger charge is 2.44. The molecule has 0 aliphatic heterocycles. The molecule has 0 aromatic carbocycles. The molecule has 2 aromatic heterocycles. The van der Waals surface area contributed by atoms with Gasteiger partial charge in [0.05, 0.1) is 22.2 Å². The van der Waals surface area contributed by atoms with Gasteiger partial charge in [-0.05, 0) is 6.07 Å². The van der Waals surface area contributed by atoms with Gasteiger partial charge in [-0.15, -0.1) is 17.9 Å². The summed E-state index contributed by atoms with van der Waals surface area (Å²) in [5.74, 6) is 0.144. The second-order valence-electron chi connectivity index (χ2n) is 3.49. The molecule has 0 radical (unpaired) electrons. The molecular formula is C9H10F3N5+2. The summed E-state index contributed by atoms with van der Waals surface area (Å²) >= 11 is 0. The minimum absolute atomic E-state index is 0.144. The summed E-state index contributed by atoms with van der Waals surface area (Å²) in [5, 5.41) is 6.72. The predicted molar refractivity (Wildman–Crippen MR) is 49.1 cm³/mol. The number of halogens is 3. The average Bonchev–Trinajstić information content (AvgIpc) is 2.61. The van der Waals surface area contributed by atoms with Crippen LogP contribution in [-0.4, -0.2) is 15.1 Å². The number of tetrazole rings is 1. The number of pyridine rings is 1. The van der Waals surface area contributed by atoms with E-state index in [9.17, 15) is 13.2 Å². The molecule has 0 N–H and O–H groups in total. The molecule has 0 saturated carbocycles. The average molecular weight is 245 g/mol. The van der Waals surface area contributed by atoms with Crippen LogP contribution in [0.25, 0.3) is 11.5 Å². The predicted octanol–water partition coefficient (Wildman–Crippen LogP) is 0.0704. The van der Waals surface area contributed by atoms with Crippen molar-refractivity contribution in [3.63, 3.8) is 0 Å². The second-order valence-corrected chi connectivity index (χ2v) is 3.49. The molecule has 0 bridgehead atoms. The van der Waals surface area contributed by atoms with Crippen molar-refractivity contribution >= 4 is 0 Å². The monoisotopic (exact) mass is 245 g/mol. The summed E-state index contributed by atoms with van der Waals surface area (Å²) in [5.41, 5.74) is 0.547. The smallest absolute Gasteiger partial charge is 0.196 e. The zero-order valence-electron chi connectivity index (χ0n) is 9.18. The van der Waals surface area contributed by atoms with Crippen molar-refractivity contribution in [3.8, 4) is 11.5 Å². The van der Waals surface area contributed by atoms with Crippen LogP contribution in [0.3, 0.4) is 0 Å². The number of hydrogen-bond acceptors (Lipinski definition) is 2. The van der Waals surface area contributed by atoms with Gasteiger partial charge >= 0.3 is 12.1 Å². The van der Waals surface area contributed by atoms with E-state index in [4.69, 9.17) is 0 Å². The van der Waals surface area contributed by atoms with E-state index in [1.165, 1.54) is 7.05 Å². The van der Waals surface area contributed by atoms with Gasteiger partial charge in [-0.3, -0.25) is 0 Å². The fourth-order valence-electron chi connectivity index (χ4n) is 1.42. The Bertz CT molecular complexity index is 546. The minimum atomic E-state index is -4.61. The zero-order valence-corrected chi connectivity index (χ0v) is 9.18. The summed E-state index contributed by atoms with van der Waals surface area (Å²) in [6, 6.07) is 5.17. The third kappa shape index (κ3) is 2.10. The van der Waals surface area contributed by atoms with Crippen LogP contribution in [0.1, 0.15) is 0 Å². The Balaban J connectivity index is 2.55. The summed E-state index contributed by atoms with van der Waals surface area (Å²) in [4.78, 5) is -0.255. The van der Waals surface area contributed by atoms with Gasteiger partial charge in [-0.2, -0.15) is 4.57 Å². The van der Waals surface area contributed by atoms with Crippen LogP contribution < -0.4 is 9.25 Å². The SMILES string of the molecule is C[n+]1ccccc1-c1nn(C(F)(F)F)n[n+]1C. The van der Waals surface area contributed by atoms with Gasteiger partial charge in [0, 0.05) is 12.1 Å². The number of alkyl halides is 3. The van der Waals surface area contributed by atoms with Crippen molar-refractivity contribution < 1.29 is 22.4 Å². The van der Waals surface area contributed by atoms with Gasteiger partial charge in [-0.1, -0.05) is 0 Å². The highest BCUT2D eigenvalue weighted by atomic mass is 19.4. The molecule has 0 aliphatic rings. The number of aromatic nitrogens is 5. The lowest BCUT2D eigenvalue weighted by Gasteiger charge is -1.92. The third-order valence-corrected chi connectivity index (χ3v) is 2.23. The molecule has 0 aliphatic carbocycles. The van der Waals surface area contributed by atoms with E-state index in [1.54, 1.807) is 36.0 Å². The fourth-order valence-corrected chi connectivity index (χ4v) is 1.42. The lowest BCUT2D eigenvalue weighted by molar-refractivity contribution is -0.735. The van der Waals surface area contributed by atoms with Crippen molar-refractivity contribution in [2.75, 3.05) is 0 Å². The van der Waals surface area contributed by atoms with Crippen LogP contribution in [0.5, 0.6) is 0 Å². The van der Waals surface area contributed by atoms with Crippen molar-refractivity contribution in [2.45, 2.75) is 6.30 Å². The quantitative estimate of drug-likeness (QED) is 0.667. The molecule has 0 fully saturated rings. The van der Waals surface area contributed by atoms with Gasteiger partial charge in [0.15, 0.2) is 6.20 Å². The standard InChI is InChI=1S/C9H10F3N5/c1-15-6-4-3-5-7(15)8-13-17(9(10,11)12)14-16(8)2/h3-6H,1-2H3/q+2. The van der Waals surface area contributed by atoms with Crippen LogP contribution in [-0.2, 0) is 20.4 Å². The van der Waals surface area contributed by atoms with Gasteiger partial charge in [-0.25, -0.2) is 0 Å². The van der Waals surface area contributed by atoms with Crippen molar-refractivity contribution in [1.29, 1.82) is 0 Å². The van der Waals surface area contributed by atoms with E-state index in [0.717, 1.165) is 4.68 Å². The van der Waals surface area contributed by atoms with Crippen LogP contribution in [0.2, 0.25) is 0 Å². The van der Waals surface area contributed by atoms with Gasteiger partial charge < -0.3 is 0 Å². The van der Waals surface area contributed by atoms with Gasteiger partial charge in [0.1, 0.15) is 7.05 Å². The van der Waals surface area contributed by atoms with Crippen molar-refractivity contribution in [2.24, 2.45) is 14.1 Å². The topological polar surface area (TPSA) is 38.5 Å². The normalized spacial score (nSPS) is 11.8. The van der Waals surface area contributed by atoms with Crippen LogP contribution >= 0.6 is 0 Å². The summed E-state index contributed by atoms with van der Waals surface area (Å²) in [6.45, 7) is 0. The molecule has 90 valence electrons. The Labute approximate surface area is 94.7 Å². The third-order valence-electron chi connectivity index (χ3n) is 2.23. The van der Waals surface area contributed by atoms with E-state index < -0.39 is 6.30 Å². The molecule has 2 aromatic rings. The van der Waals surface area contributed by atoms with E-state index in [2.05, 4.69) is 10.3 Å². The Kier molecular flexibility index (Phi) is 2.56. The Morgan fingerprint density at radius 3 is 2.47 bits per heavy atom. The molecule has 2 heterocycles. The summed E-state index contributed by atoms with van der Waals surface area (Å²) < 4.78 is 40.0. The first-order valence-electron chi connectivity index (χ1n) is 4.75. The summed E-state index contributed by atoms with van der Waals surface area (Å²) in [6.07, 6.45) is -2.88. The van der Waals surface area contributed by atoms with Crippen LogP contribution in [0.15, 0.2) is 24.4 Å².